The maximum absolute atomic E-state index is 13.8. The van der Waals surface area contributed by atoms with Gasteiger partial charge in [-0.15, -0.1) is 0 Å². The summed E-state index contributed by atoms with van der Waals surface area (Å²) in [7, 11) is 0. The van der Waals surface area contributed by atoms with Crippen molar-refractivity contribution in [2.45, 2.75) is 143 Å². The molecule has 12 unspecified atom stereocenters. The molecule has 48 heavy (non-hydrogen) atoms. The largest absolute Gasteiger partial charge is 0.481 e. The first kappa shape index (κ1) is 34.9. The molecule has 0 aromatic rings. The smallest absolute Gasteiger partial charge is 0.306 e. The van der Waals surface area contributed by atoms with E-state index < -0.39 is 5.97 Å². The summed E-state index contributed by atoms with van der Waals surface area (Å²) in [5, 5.41) is 13.2. The molecule has 0 aromatic heterocycles. The van der Waals surface area contributed by atoms with Crippen LogP contribution in [0.15, 0.2) is 11.1 Å². The van der Waals surface area contributed by atoms with E-state index >= 15 is 0 Å². The second-order valence-electron chi connectivity index (χ2n) is 19.5. The van der Waals surface area contributed by atoms with Gasteiger partial charge in [0.05, 0.1) is 5.92 Å². The van der Waals surface area contributed by atoms with Gasteiger partial charge < -0.3 is 16.2 Å². The molecule has 0 spiro atoms. The molecular formula is C42H66N2O4. The summed E-state index contributed by atoms with van der Waals surface area (Å²) in [4.78, 5) is 38.8. The fourth-order valence-corrected chi connectivity index (χ4v) is 14.2. The Kier molecular flexibility index (Phi) is 8.95. The van der Waals surface area contributed by atoms with Gasteiger partial charge in [0.15, 0.2) is 5.78 Å². The predicted octanol–water partition coefficient (Wildman–Crippen LogP) is 7.98. The molecule has 0 bridgehead atoms. The number of carbonyl (C=O) groups excluding carboxylic acids is 2. The Bertz CT molecular complexity index is 1350. The van der Waals surface area contributed by atoms with Crippen LogP contribution < -0.4 is 11.1 Å². The van der Waals surface area contributed by atoms with Crippen LogP contribution in [0.3, 0.4) is 0 Å². The van der Waals surface area contributed by atoms with Crippen molar-refractivity contribution in [3.05, 3.63) is 11.1 Å². The maximum Gasteiger partial charge on any atom is 0.306 e. The zero-order valence-corrected chi connectivity index (χ0v) is 31.0. The van der Waals surface area contributed by atoms with Crippen LogP contribution in [0.1, 0.15) is 138 Å². The number of carboxylic acids is 1. The highest BCUT2D eigenvalue weighted by atomic mass is 16.4. The molecular weight excluding hydrogens is 596 g/mol. The van der Waals surface area contributed by atoms with Gasteiger partial charge in [0.1, 0.15) is 5.78 Å². The Morgan fingerprint density at radius 1 is 0.917 bits per heavy atom. The van der Waals surface area contributed by atoms with Crippen molar-refractivity contribution in [3.8, 4) is 0 Å². The summed E-state index contributed by atoms with van der Waals surface area (Å²) in [5.41, 5.74) is 9.97. The van der Waals surface area contributed by atoms with Crippen LogP contribution in [-0.2, 0) is 14.4 Å². The summed E-state index contributed by atoms with van der Waals surface area (Å²) in [5.74, 6) is 3.40. The van der Waals surface area contributed by atoms with Gasteiger partial charge in [-0.2, -0.15) is 0 Å². The lowest BCUT2D eigenvalue weighted by molar-refractivity contribution is -0.172. The molecule has 7 aliphatic carbocycles. The minimum atomic E-state index is -0.741. The molecule has 0 radical (unpaired) electrons. The van der Waals surface area contributed by atoms with Gasteiger partial charge in [0.25, 0.3) is 0 Å². The van der Waals surface area contributed by atoms with Gasteiger partial charge in [-0.3, -0.25) is 14.4 Å². The standard InChI is InChI=1S/C42H66N2O4/c1-24(2)36-34(46)22-41(18-19-44-23-42(43)13-7-14-42)17-12-32-28(37(36)41)8-9-35-39(5)15-10-27(25(3)31(39)11-16-40(32,35)6)20-33(45)29-21-30(26(29)4)38(47)48/h24-32,35,44H,7-23,43H2,1-6H3,(H,47,48). The van der Waals surface area contributed by atoms with Gasteiger partial charge in [-0.25, -0.2) is 0 Å². The van der Waals surface area contributed by atoms with Crippen molar-refractivity contribution in [2.24, 2.45) is 81.2 Å². The Labute approximate surface area is 290 Å². The molecule has 0 amide bonds. The summed E-state index contributed by atoms with van der Waals surface area (Å²) in [6.45, 7) is 16.1. The fourth-order valence-electron chi connectivity index (χ4n) is 14.2. The second-order valence-corrected chi connectivity index (χ2v) is 19.5. The quantitative estimate of drug-likeness (QED) is 0.205. The maximum atomic E-state index is 13.8. The average molecular weight is 663 g/mol. The summed E-state index contributed by atoms with van der Waals surface area (Å²) in [6, 6.07) is 0. The third kappa shape index (κ3) is 5.34. The number of fused-ring (bicyclic) bond motifs is 7. The number of nitrogens with two attached hydrogens (primary N) is 1. The highest BCUT2D eigenvalue weighted by molar-refractivity contribution is 6.00. The number of nitrogens with one attached hydrogen (secondary N) is 1. The molecule has 6 fully saturated rings. The molecule has 268 valence electrons. The van der Waals surface area contributed by atoms with Gasteiger partial charge in [-0.05, 0) is 154 Å². The van der Waals surface area contributed by atoms with Crippen LogP contribution in [0, 0.1) is 75.4 Å². The minimum absolute atomic E-state index is 0.0164. The predicted molar refractivity (Wildman–Crippen MR) is 190 cm³/mol. The molecule has 4 N–H and O–H groups in total. The topological polar surface area (TPSA) is 109 Å². The average Bonchev–Trinajstić information content (AvgIpc) is 3.31. The van der Waals surface area contributed by atoms with E-state index in [1.807, 2.05) is 6.92 Å². The summed E-state index contributed by atoms with van der Waals surface area (Å²) in [6.07, 6.45) is 16.3. The van der Waals surface area contributed by atoms with Gasteiger partial charge in [-0.1, -0.05) is 47.1 Å². The summed E-state index contributed by atoms with van der Waals surface area (Å²) >= 11 is 0. The number of ketones is 2. The van der Waals surface area contributed by atoms with Crippen molar-refractivity contribution >= 4 is 17.5 Å². The molecule has 12 atom stereocenters. The van der Waals surface area contributed by atoms with Crippen LogP contribution in [0.5, 0.6) is 0 Å². The number of rotatable bonds is 10. The molecule has 7 aliphatic rings. The minimum Gasteiger partial charge on any atom is -0.481 e. The van der Waals surface area contributed by atoms with Crippen LogP contribution in [0.4, 0.5) is 0 Å². The third-order valence-corrected chi connectivity index (χ3v) is 17.1. The molecule has 6 saturated carbocycles. The van der Waals surface area contributed by atoms with Crippen LogP contribution in [0.25, 0.3) is 0 Å². The first-order valence-corrected chi connectivity index (χ1v) is 20.2. The SMILES string of the molecule is CC(C)C1=C2C3CCC4C(C)(CCC5C(C)C(CC(=O)C6CC(C(=O)O)C6C)CCC54C)C3CCC2(CCNCC2(N)CCC2)CC1=O. The zero-order valence-electron chi connectivity index (χ0n) is 31.0. The highest BCUT2D eigenvalue weighted by Crippen LogP contribution is 2.72. The number of Topliss-reactive ketones (excluding diaryl/α,β-unsaturated/α-hetero) is 2. The van der Waals surface area contributed by atoms with E-state index in [4.69, 9.17) is 5.73 Å². The number of hydrogen-bond donors (Lipinski definition) is 3. The van der Waals surface area contributed by atoms with E-state index in [1.54, 1.807) is 5.57 Å². The van der Waals surface area contributed by atoms with E-state index in [1.165, 1.54) is 50.5 Å². The highest BCUT2D eigenvalue weighted by Gasteiger charge is 2.64. The third-order valence-electron chi connectivity index (χ3n) is 17.1. The fraction of sp³-hybridized carbons (Fsp3) is 0.881. The first-order chi connectivity index (χ1) is 22.6. The van der Waals surface area contributed by atoms with Crippen LogP contribution in [0.2, 0.25) is 0 Å². The zero-order chi connectivity index (χ0) is 34.4. The normalized spacial score (nSPS) is 46.2. The lowest BCUT2D eigenvalue weighted by Crippen LogP contribution is -2.60. The molecule has 0 heterocycles. The first-order valence-electron chi connectivity index (χ1n) is 20.2. The van der Waals surface area contributed by atoms with Crippen molar-refractivity contribution in [1.82, 2.24) is 5.32 Å². The number of carboxylic acid groups (broad SMARTS) is 1. The molecule has 6 nitrogen and oxygen atoms in total. The lowest BCUT2D eigenvalue weighted by atomic mass is 9.37. The van der Waals surface area contributed by atoms with Crippen molar-refractivity contribution < 1.29 is 19.5 Å². The van der Waals surface area contributed by atoms with E-state index in [0.29, 0.717) is 76.7 Å². The number of carbonyl (C=O) groups is 3. The molecule has 0 aliphatic heterocycles. The molecule has 0 saturated heterocycles. The van der Waals surface area contributed by atoms with Gasteiger partial charge in [0.2, 0.25) is 0 Å². The number of hydrogen-bond acceptors (Lipinski definition) is 5. The van der Waals surface area contributed by atoms with Crippen molar-refractivity contribution in [3.63, 3.8) is 0 Å². The van der Waals surface area contributed by atoms with Crippen molar-refractivity contribution in [2.75, 3.05) is 13.1 Å². The monoisotopic (exact) mass is 663 g/mol. The molecule has 6 heteroatoms. The van der Waals surface area contributed by atoms with Crippen molar-refractivity contribution in [1.29, 1.82) is 0 Å². The van der Waals surface area contributed by atoms with E-state index in [-0.39, 0.29) is 28.7 Å². The van der Waals surface area contributed by atoms with E-state index in [2.05, 4.69) is 39.9 Å². The van der Waals surface area contributed by atoms with Gasteiger partial charge in [0, 0.05) is 36.3 Å². The van der Waals surface area contributed by atoms with E-state index in [0.717, 1.165) is 51.6 Å². The van der Waals surface area contributed by atoms with Gasteiger partial charge >= 0.3 is 5.97 Å². The Morgan fingerprint density at radius 3 is 2.25 bits per heavy atom. The Hall–Kier alpha value is -1.53. The number of aliphatic carboxylic acids is 1. The lowest BCUT2D eigenvalue weighted by Gasteiger charge is -2.67. The van der Waals surface area contributed by atoms with Crippen LogP contribution in [-0.4, -0.2) is 41.3 Å². The molecule has 0 aromatic carbocycles. The van der Waals surface area contributed by atoms with E-state index in [9.17, 15) is 19.5 Å². The number of allylic oxidation sites excluding steroid dienone is 2. The Morgan fingerprint density at radius 2 is 1.60 bits per heavy atom. The van der Waals surface area contributed by atoms with Crippen LogP contribution >= 0.6 is 0 Å². The molecule has 7 rings (SSSR count). The Balaban J connectivity index is 1.07. The summed E-state index contributed by atoms with van der Waals surface area (Å²) < 4.78 is 0. The second kappa shape index (κ2) is 12.3.